The quantitative estimate of drug-likeness (QED) is 0.585. The molecule has 1 aliphatic rings. The summed E-state index contributed by atoms with van der Waals surface area (Å²) in [6, 6.07) is 17.6. The number of aliphatic imine (C=N–C) groups is 1. The average molecular weight is 405 g/mol. The van der Waals surface area contributed by atoms with E-state index < -0.39 is 5.97 Å². The average Bonchev–Trinajstić information content (AvgIpc) is 3.24. The number of nitrogens with zero attached hydrogens (tertiary/aromatic N) is 1. The van der Waals surface area contributed by atoms with Crippen LogP contribution in [0.4, 0.5) is 5.69 Å². The van der Waals surface area contributed by atoms with E-state index in [1.165, 1.54) is 0 Å². The number of ether oxygens (including phenoxy) is 4. The number of fused-ring (bicyclic) bond motifs is 1. The summed E-state index contributed by atoms with van der Waals surface area (Å²) in [5.74, 6) is 1.53. The summed E-state index contributed by atoms with van der Waals surface area (Å²) >= 11 is 0. The van der Waals surface area contributed by atoms with Crippen molar-refractivity contribution in [2.45, 2.75) is 6.61 Å². The number of benzene rings is 3. The molecule has 7 nitrogen and oxygen atoms in total. The summed E-state index contributed by atoms with van der Waals surface area (Å²) in [5, 5.41) is 9.10. The first kappa shape index (κ1) is 19.3. The van der Waals surface area contributed by atoms with Crippen LogP contribution in [0.2, 0.25) is 0 Å². The molecule has 0 spiro atoms. The monoisotopic (exact) mass is 405 g/mol. The topological polar surface area (TPSA) is 86.6 Å². The standard InChI is InChI=1S/C23H19NO6/c1-27-21-10-15(12-24-18-6-8-20-22(11-18)30-14-29-20)5-7-19(21)28-13-16-3-2-4-17(9-16)23(25)26/h2-12H,13-14H2,1H3,(H,25,26). The summed E-state index contributed by atoms with van der Waals surface area (Å²) in [4.78, 5) is 15.6. The highest BCUT2D eigenvalue weighted by atomic mass is 16.7. The maximum absolute atomic E-state index is 11.1. The van der Waals surface area contributed by atoms with Crippen LogP contribution in [0.15, 0.2) is 65.7 Å². The molecule has 1 aliphatic heterocycles. The molecular formula is C23H19NO6. The van der Waals surface area contributed by atoms with Crippen LogP contribution in [0.25, 0.3) is 0 Å². The minimum absolute atomic E-state index is 0.221. The lowest BCUT2D eigenvalue weighted by molar-refractivity contribution is 0.0696. The smallest absolute Gasteiger partial charge is 0.335 e. The Bertz CT molecular complexity index is 1110. The number of hydrogen-bond acceptors (Lipinski definition) is 6. The number of rotatable bonds is 7. The van der Waals surface area contributed by atoms with E-state index in [-0.39, 0.29) is 19.0 Å². The highest BCUT2D eigenvalue weighted by Gasteiger charge is 2.13. The molecule has 0 amide bonds. The highest BCUT2D eigenvalue weighted by molar-refractivity contribution is 5.87. The van der Waals surface area contributed by atoms with Gasteiger partial charge in [0.15, 0.2) is 23.0 Å². The number of carboxylic acid groups (broad SMARTS) is 1. The van der Waals surface area contributed by atoms with Gasteiger partial charge < -0.3 is 24.1 Å². The second kappa shape index (κ2) is 8.57. The zero-order chi connectivity index (χ0) is 20.9. The maximum atomic E-state index is 11.1. The van der Waals surface area contributed by atoms with Gasteiger partial charge >= 0.3 is 5.97 Å². The molecule has 0 atom stereocenters. The van der Waals surface area contributed by atoms with Crippen molar-refractivity contribution >= 4 is 17.9 Å². The van der Waals surface area contributed by atoms with Gasteiger partial charge in [-0.1, -0.05) is 12.1 Å². The van der Waals surface area contributed by atoms with Gasteiger partial charge in [-0.3, -0.25) is 4.99 Å². The van der Waals surface area contributed by atoms with Crippen molar-refractivity contribution < 1.29 is 28.8 Å². The van der Waals surface area contributed by atoms with Gasteiger partial charge in [-0.25, -0.2) is 4.79 Å². The fourth-order valence-electron chi connectivity index (χ4n) is 2.95. The summed E-state index contributed by atoms with van der Waals surface area (Å²) in [7, 11) is 1.56. The van der Waals surface area contributed by atoms with E-state index in [0.29, 0.717) is 23.0 Å². The second-order valence-corrected chi connectivity index (χ2v) is 6.50. The number of aromatic carboxylic acids is 1. The van der Waals surface area contributed by atoms with Crippen molar-refractivity contribution in [3.05, 3.63) is 77.4 Å². The van der Waals surface area contributed by atoms with Crippen molar-refractivity contribution in [2.75, 3.05) is 13.9 Å². The summed E-state index contributed by atoms with van der Waals surface area (Å²) < 4.78 is 21.9. The first-order valence-electron chi connectivity index (χ1n) is 9.19. The van der Waals surface area contributed by atoms with Gasteiger partial charge in [-0.2, -0.15) is 0 Å². The van der Waals surface area contributed by atoms with E-state index in [4.69, 9.17) is 24.1 Å². The van der Waals surface area contributed by atoms with Crippen molar-refractivity contribution in [3.8, 4) is 23.0 Å². The highest BCUT2D eigenvalue weighted by Crippen LogP contribution is 2.35. The third-order valence-corrected chi connectivity index (χ3v) is 4.47. The molecule has 0 aliphatic carbocycles. The molecule has 0 unspecified atom stereocenters. The van der Waals surface area contributed by atoms with Crippen LogP contribution in [-0.4, -0.2) is 31.2 Å². The Hall–Kier alpha value is -4.00. The zero-order valence-electron chi connectivity index (χ0n) is 16.2. The number of carboxylic acids is 1. The minimum Gasteiger partial charge on any atom is -0.493 e. The third kappa shape index (κ3) is 4.35. The lowest BCUT2D eigenvalue weighted by Gasteiger charge is -2.11. The van der Waals surface area contributed by atoms with Crippen molar-refractivity contribution in [2.24, 2.45) is 4.99 Å². The first-order chi connectivity index (χ1) is 14.6. The third-order valence-electron chi connectivity index (χ3n) is 4.47. The summed E-state index contributed by atoms with van der Waals surface area (Å²) in [5.41, 5.74) is 2.56. The summed E-state index contributed by atoms with van der Waals surface area (Å²) in [6.45, 7) is 0.448. The Labute approximate surface area is 173 Å². The molecule has 152 valence electrons. The van der Waals surface area contributed by atoms with Gasteiger partial charge in [0.1, 0.15) is 6.61 Å². The van der Waals surface area contributed by atoms with Gasteiger partial charge in [0.25, 0.3) is 0 Å². The predicted molar refractivity (Wildman–Crippen MR) is 111 cm³/mol. The van der Waals surface area contributed by atoms with Crippen LogP contribution in [0.1, 0.15) is 21.5 Å². The maximum Gasteiger partial charge on any atom is 0.335 e. The Balaban J connectivity index is 1.46. The van der Waals surface area contributed by atoms with E-state index in [0.717, 1.165) is 16.8 Å². The Morgan fingerprint density at radius 3 is 2.77 bits per heavy atom. The minimum atomic E-state index is -0.972. The molecule has 0 saturated heterocycles. The Morgan fingerprint density at radius 1 is 1.07 bits per heavy atom. The SMILES string of the molecule is COc1cc(C=Nc2ccc3c(c2)OCO3)ccc1OCc1cccc(C(=O)O)c1. The van der Waals surface area contributed by atoms with Crippen molar-refractivity contribution in [1.82, 2.24) is 0 Å². The fourth-order valence-corrected chi connectivity index (χ4v) is 2.95. The van der Waals surface area contributed by atoms with Gasteiger partial charge in [-0.05, 0) is 53.6 Å². The largest absolute Gasteiger partial charge is 0.493 e. The van der Waals surface area contributed by atoms with Crippen molar-refractivity contribution in [3.63, 3.8) is 0 Å². The number of carbonyl (C=O) groups is 1. The molecule has 3 aromatic carbocycles. The predicted octanol–water partition coefficient (Wildman–Crippen LogP) is 4.45. The van der Waals surface area contributed by atoms with E-state index >= 15 is 0 Å². The molecular weight excluding hydrogens is 386 g/mol. The number of methoxy groups -OCH3 is 1. The van der Waals surface area contributed by atoms with E-state index in [1.54, 1.807) is 37.6 Å². The zero-order valence-corrected chi connectivity index (χ0v) is 16.2. The van der Waals surface area contributed by atoms with Crippen LogP contribution in [0.5, 0.6) is 23.0 Å². The van der Waals surface area contributed by atoms with E-state index in [1.807, 2.05) is 36.4 Å². The van der Waals surface area contributed by atoms with Crippen LogP contribution in [0, 0.1) is 0 Å². The number of hydrogen-bond donors (Lipinski definition) is 1. The molecule has 1 N–H and O–H groups in total. The van der Waals surface area contributed by atoms with Crippen LogP contribution in [-0.2, 0) is 6.61 Å². The normalized spacial score (nSPS) is 12.2. The van der Waals surface area contributed by atoms with E-state index in [9.17, 15) is 4.79 Å². The molecule has 30 heavy (non-hydrogen) atoms. The van der Waals surface area contributed by atoms with Crippen LogP contribution < -0.4 is 18.9 Å². The molecule has 7 heteroatoms. The molecule has 0 fully saturated rings. The van der Waals surface area contributed by atoms with Gasteiger partial charge in [0, 0.05) is 12.3 Å². The molecule has 3 aromatic rings. The molecule has 0 saturated carbocycles. The summed E-state index contributed by atoms with van der Waals surface area (Å²) in [6.07, 6.45) is 1.72. The Kier molecular flexibility index (Phi) is 5.52. The first-order valence-corrected chi connectivity index (χ1v) is 9.19. The van der Waals surface area contributed by atoms with Gasteiger partial charge in [-0.15, -0.1) is 0 Å². The van der Waals surface area contributed by atoms with Gasteiger partial charge in [0.05, 0.1) is 18.4 Å². The second-order valence-electron chi connectivity index (χ2n) is 6.50. The molecule has 1 heterocycles. The molecule has 0 radical (unpaired) electrons. The fraction of sp³-hybridized carbons (Fsp3) is 0.130. The lowest BCUT2D eigenvalue weighted by atomic mass is 10.1. The molecule has 0 aromatic heterocycles. The van der Waals surface area contributed by atoms with Gasteiger partial charge in [0.2, 0.25) is 6.79 Å². The lowest BCUT2D eigenvalue weighted by Crippen LogP contribution is -2.01. The van der Waals surface area contributed by atoms with Crippen LogP contribution >= 0.6 is 0 Å². The van der Waals surface area contributed by atoms with Crippen LogP contribution in [0.3, 0.4) is 0 Å². The Morgan fingerprint density at radius 2 is 1.93 bits per heavy atom. The van der Waals surface area contributed by atoms with E-state index in [2.05, 4.69) is 4.99 Å². The molecule has 4 rings (SSSR count). The van der Waals surface area contributed by atoms with Crippen molar-refractivity contribution in [1.29, 1.82) is 0 Å². The molecule has 0 bridgehead atoms.